The van der Waals surface area contributed by atoms with E-state index < -0.39 is 5.54 Å². The lowest BCUT2D eigenvalue weighted by Gasteiger charge is -2.43. The lowest BCUT2D eigenvalue weighted by atomic mass is 9.69. The first-order chi connectivity index (χ1) is 10.2. The number of carbonyl (C=O) groups is 1. The van der Waals surface area contributed by atoms with Gasteiger partial charge in [-0.15, -0.1) is 0 Å². The van der Waals surface area contributed by atoms with E-state index in [-0.39, 0.29) is 11.9 Å². The first kappa shape index (κ1) is 16.0. The molecule has 2 atom stereocenters. The molecule has 0 amide bonds. The zero-order valence-corrected chi connectivity index (χ0v) is 13.2. The van der Waals surface area contributed by atoms with Crippen LogP contribution in [0.25, 0.3) is 0 Å². The van der Waals surface area contributed by atoms with E-state index in [0.717, 1.165) is 32.2 Å². The second kappa shape index (κ2) is 7.60. The molecule has 1 aromatic rings. The molecule has 3 heteroatoms. The van der Waals surface area contributed by atoms with Gasteiger partial charge in [0.1, 0.15) is 5.54 Å². The van der Waals surface area contributed by atoms with E-state index in [4.69, 9.17) is 4.74 Å². The number of hydrogen-bond donors (Lipinski definition) is 1. The van der Waals surface area contributed by atoms with Gasteiger partial charge in [-0.25, -0.2) is 0 Å². The van der Waals surface area contributed by atoms with Gasteiger partial charge in [-0.3, -0.25) is 4.79 Å². The largest absolute Gasteiger partial charge is 0.465 e. The summed E-state index contributed by atoms with van der Waals surface area (Å²) in [6.45, 7) is 5.30. The quantitative estimate of drug-likeness (QED) is 0.812. The van der Waals surface area contributed by atoms with Crippen molar-refractivity contribution in [1.82, 2.24) is 5.32 Å². The first-order valence-corrected chi connectivity index (χ1v) is 8.21. The van der Waals surface area contributed by atoms with Crippen LogP contribution in [0.3, 0.4) is 0 Å². The number of rotatable bonds is 6. The summed E-state index contributed by atoms with van der Waals surface area (Å²) in [5.41, 5.74) is 0.694. The molecule has 2 rings (SSSR count). The zero-order valence-electron chi connectivity index (χ0n) is 13.2. The lowest BCUT2D eigenvalue weighted by Crippen LogP contribution is -2.58. The first-order valence-electron chi connectivity index (χ1n) is 8.21. The van der Waals surface area contributed by atoms with Gasteiger partial charge < -0.3 is 10.1 Å². The summed E-state index contributed by atoms with van der Waals surface area (Å²) >= 11 is 0. The molecule has 0 bridgehead atoms. The Hall–Kier alpha value is -1.35. The van der Waals surface area contributed by atoms with Crippen LogP contribution in [-0.4, -0.2) is 24.7 Å². The molecule has 1 aromatic carbocycles. The standard InChI is InChI=1S/C18H27NO2/c1-3-14-19-18(17(20)21-4-2)13-9-8-12-16(18)15-10-6-5-7-11-15/h5-7,10-11,16,19H,3-4,8-9,12-14H2,1-2H3. The maximum Gasteiger partial charge on any atom is 0.326 e. The van der Waals surface area contributed by atoms with E-state index in [1.54, 1.807) is 0 Å². The molecule has 2 unspecified atom stereocenters. The Kier molecular flexibility index (Phi) is 5.80. The van der Waals surface area contributed by atoms with Crippen molar-refractivity contribution in [2.75, 3.05) is 13.2 Å². The Morgan fingerprint density at radius 2 is 2.05 bits per heavy atom. The Morgan fingerprint density at radius 1 is 1.29 bits per heavy atom. The summed E-state index contributed by atoms with van der Waals surface area (Å²) in [4.78, 5) is 12.7. The molecule has 116 valence electrons. The highest BCUT2D eigenvalue weighted by Gasteiger charge is 2.48. The summed E-state index contributed by atoms with van der Waals surface area (Å²) in [6.07, 6.45) is 5.18. The monoisotopic (exact) mass is 289 g/mol. The smallest absolute Gasteiger partial charge is 0.326 e. The van der Waals surface area contributed by atoms with Crippen LogP contribution in [0.4, 0.5) is 0 Å². The van der Waals surface area contributed by atoms with Gasteiger partial charge in [0.25, 0.3) is 0 Å². The number of esters is 1. The Bertz CT molecular complexity index is 446. The van der Waals surface area contributed by atoms with Crippen molar-refractivity contribution in [2.24, 2.45) is 0 Å². The molecule has 3 nitrogen and oxygen atoms in total. The minimum Gasteiger partial charge on any atom is -0.465 e. The molecule has 1 aliphatic carbocycles. The van der Waals surface area contributed by atoms with Crippen LogP contribution in [0.2, 0.25) is 0 Å². The average molecular weight is 289 g/mol. The normalized spacial score (nSPS) is 25.5. The number of nitrogens with one attached hydrogen (secondary N) is 1. The molecule has 1 fully saturated rings. The van der Waals surface area contributed by atoms with Gasteiger partial charge in [0.05, 0.1) is 6.61 Å². The summed E-state index contributed by atoms with van der Waals surface area (Å²) in [5.74, 6) is 0.130. The molecular formula is C18H27NO2. The number of hydrogen-bond acceptors (Lipinski definition) is 3. The summed E-state index contributed by atoms with van der Waals surface area (Å²) in [7, 11) is 0. The van der Waals surface area contributed by atoms with Gasteiger partial charge in [-0.05, 0) is 38.3 Å². The van der Waals surface area contributed by atoms with Crippen molar-refractivity contribution >= 4 is 5.97 Å². The van der Waals surface area contributed by atoms with E-state index >= 15 is 0 Å². The zero-order chi connectivity index (χ0) is 15.1. The van der Waals surface area contributed by atoms with E-state index in [2.05, 4.69) is 36.5 Å². The van der Waals surface area contributed by atoms with Crippen molar-refractivity contribution in [2.45, 2.75) is 57.4 Å². The molecule has 1 aliphatic rings. The SMILES string of the molecule is CCCNC1(C(=O)OCC)CCCCC1c1ccccc1. The van der Waals surface area contributed by atoms with E-state index in [9.17, 15) is 4.79 Å². The van der Waals surface area contributed by atoms with Gasteiger partial charge >= 0.3 is 5.97 Å². The molecule has 21 heavy (non-hydrogen) atoms. The summed E-state index contributed by atoms with van der Waals surface area (Å²) < 4.78 is 5.43. The van der Waals surface area contributed by atoms with Crippen LogP contribution in [0.1, 0.15) is 57.4 Å². The topological polar surface area (TPSA) is 38.3 Å². The van der Waals surface area contributed by atoms with Gasteiger partial charge in [-0.1, -0.05) is 50.1 Å². The fraction of sp³-hybridized carbons (Fsp3) is 0.611. The molecular weight excluding hydrogens is 262 g/mol. The van der Waals surface area contributed by atoms with Crippen LogP contribution in [-0.2, 0) is 9.53 Å². The Balaban J connectivity index is 2.34. The van der Waals surface area contributed by atoms with Crippen LogP contribution in [0, 0.1) is 0 Å². The van der Waals surface area contributed by atoms with Crippen molar-refractivity contribution in [1.29, 1.82) is 0 Å². The van der Waals surface area contributed by atoms with Gasteiger partial charge in [0, 0.05) is 5.92 Å². The highest BCUT2D eigenvalue weighted by molar-refractivity contribution is 5.82. The highest BCUT2D eigenvalue weighted by Crippen LogP contribution is 2.41. The molecule has 0 aliphatic heterocycles. The van der Waals surface area contributed by atoms with E-state index in [1.165, 1.54) is 12.0 Å². The maximum absolute atomic E-state index is 12.7. The molecule has 0 saturated heterocycles. The van der Waals surface area contributed by atoms with Crippen molar-refractivity contribution in [3.8, 4) is 0 Å². The molecule has 0 spiro atoms. The predicted molar refractivity (Wildman–Crippen MR) is 85.3 cm³/mol. The van der Waals surface area contributed by atoms with Gasteiger partial charge in [0.15, 0.2) is 0 Å². The second-order valence-corrected chi connectivity index (χ2v) is 5.83. The summed E-state index contributed by atoms with van der Waals surface area (Å²) in [6, 6.07) is 10.4. The number of ether oxygens (including phenoxy) is 1. The Morgan fingerprint density at radius 3 is 2.71 bits per heavy atom. The number of carbonyl (C=O) groups excluding carboxylic acids is 1. The third kappa shape index (κ3) is 3.46. The predicted octanol–water partition coefficient (Wildman–Crippen LogP) is 3.65. The third-order valence-corrected chi connectivity index (χ3v) is 4.44. The van der Waals surface area contributed by atoms with Crippen LogP contribution in [0.5, 0.6) is 0 Å². The van der Waals surface area contributed by atoms with Gasteiger partial charge in [0.2, 0.25) is 0 Å². The second-order valence-electron chi connectivity index (χ2n) is 5.83. The van der Waals surface area contributed by atoms with Crippen LogP contribution < -0.4 is 5.32 Å². The molecule has 1 saturated carbocycles. The minimum absolute atomic E-state index is 0.0768. The third-order valence-electron chi connectivity index (χ3n) is 4.44. The number of benzene rings is 1. The van der Waals surface area contributed by atoms with Crippen molar-refractivity contribution in [3.05, 3.63) is 35.9 Å². The van der Waals surface area contributed by atoms with Crippen molar-refractivity contribution in [3.63, 3.8) is 0 Å². The fourth-order valence-corrected chi connectivity index (χ4v) is 3.45. The molecule has 1 N–H and O–H groups in total. The van der Waals surface area contributed by atoms with E-state index in [0.29, 0.717) is 6.61 Å². The maximum atomic E-state index is 12.7. The lowest BCUT2D eigenvalue weighted by molar-refractivity contribution is -0.154. The van der Waals surface area contributed by atoms with Crippen LogP contribution >= 0.6 is 0 Å². The van der Waals surface area contributed by atoms with Gasteiger partial charge in [-0.2, -0.15) is 0 Å². The van der Waals surface area contributed by atoms with Crippen molar-refractivity contribution < 1.29 is 9.53 Å². The van der Waals surface area contributed by atoms with Crippen LogP contribution in [0.15, 0.2) is 30.3 Å². The Labute approximate surface area is 128 Å². The summed E-state index contributed by atoms with van der Waals surface area (Å²) in [5, 5.41) is 3.54. The minimum atomic E-state index is -0.550. The molecule has 0 aromatic heterocycles. The molecule has 0 radical (unpaired) electrons. The molecule has 0 heterocycles. The van der Waals surface area contributed by atoms with E-state index in [1.807, 2.05) is 13.0 Å². The fourth-order valence-electron chi connectivity index (χ4n) is 3.45. The average Bonchev–Trinajstić information content (AvgIpc) is 2.54. The highest BCUT2D eigenvalue weighted by atomic mass is 16.5.